The van der Waals surface area contributed by atoms with E-state index in [0.717, 1.165) is 12.0 Å². The summed E-state index contributed by atoms with van der Waals surface area (Å²) in [6.45, 7) is 4.95. The molecule has 0 spiro atoms. The van der Waals surface area contributed by atoms with Crippen LogP contribution in [0.4, 0.5) is 0 Å². The Labute approximate surface area is 120 Å². The van der Waals surface area contributed by atoms with Gasteiger partial charge in [-0.1, -0.05) is 38.1 Å². The van der Waals surface area contributed by atoms with E-state index in [9.17, 15) is 5.11 Å². The van der Waals surface area contributed by atoms with Crippen LogP contribution in [0.25, 0.3) is 0 Å². The summed E-state index contributed by atoms with van der Waals surface area (Å²) >= 11 is 0. The first-order valence-corrected chi connectivity index (χ1v) is 6.44. The average Bonchev–Trinajstić information content (AvgIpc) is 2.91. The van der Waals surface area contributed by atoms with E-state index in [0.29, 0.717) is 12.5 Å². The Balaban J connectivity index is 0.00000180. The van der Waals surface area contributed by atoms with Crippen LogP contribution in [0.2, 0.25) is 0 Å². The molecule has 2 atom stereocenters. The van der Waals surface area contributed by atoms with Crippen molar-refractivity contribution in [3.63, 3.8) is 0 Å². The first-order valence-electron chi connectivity index (χ1n) is 6.44. The number of benzene rings is 1. The minimum absolute atomic E-state index is 0. The van der Waals surface area contributed by atoms with Crippen LogP contribution < -0.4 is 0 Å². The summed E-state index contributed by atoms with van der Waals surface area (Å²) in [4.78, 5) is 3.97. The minimum atomic E-state index is -0.481. The summed E-state index contributed by atoms with van der Waals surface area (Å²) in [6.07, 6.45) is 5.95. The first kappa shape index (κ1) is 15.7. The summed E-state index contributed by atoms with van der Waals surface area (Å²) in [5.41, 5.74) is 2.28. The smallest absolute Gasteiger partial charge is 0.0969 e. The average molecular weight is 281 g/mol. The number of aliphatic hydroxyl groups is 1. The predicted molar refractivity (Wildman–Crippen MR) is 79.6 cm³/mol. The van der Waals surface area contributed by atoms with Gasteiger partial charge in [-0.3, -0.25) is 0 Å². The van der Waals surface area contributed by atoms with Crippen LogP contribution >= 0.6 is 12.4 Å². The van der Waals surface area contributed by atoms with Gasteiger partial charge in [-0.05, 0) is 23.5 Å². The number of halogens is 1. The summed E-state index contributed by atoms with van der Waals surface area (Å²) in [6, 6.07) is 8.26. The number of aromatic nitrogens is 2. The molecule has 1 aromatic carbocycles. The second kappa shape index (κ2) is 7.31. The summed E-state index contributed by atoms with van der Waals surface area (Å²) < 4.78 is 1.88. The fourth-order valence-electron chi connectivity index (χ4n) is 1.98. The predicted octanol–water partition coefficient (Wildman–Crippen LogP) is 3.55. The number of hydrogen-bond donors (Lipinski definition) is 1. The molecule has 4 heteroatoms. The van der Waals surface area contributed by atoms with E-state index in [1.54, 1.807) is 12.5 Å². The van der Waals surface area contributed by atoms with Crippen LogP contribution in [0.5, 0.6) is 0 Å². The van der Waals surface area contributed by atoms with Crippen LogP contribution in [-0.4, -0.2) is 14.7 Å². The van der Waals surface area contributed by atoms with Gasteiger partial charge in [-0.15, -0.1) is 12.4 Å². The molecule has 3 nitrogen and oxygen atoms in total. The molecule has 104 valence electrons. The number of aliphatic hydroxyl groups excluding tert-OH is 1. The van der Waals surface area contributed by atoms with Crippen LogP contribution in [0.15, 0.2) is 43.0 Å². The molecule has 2 unspecified atom stereocenters. The zero-order chi connectivity index (χ0) is 13.0. The molecule has 2 rings (SSSR count). The quantitative estimate of drug-likeness (QED) is 0.909. The Hall–Kier alpha value is -1.32. The summed E-state index contributed by atoms with van der Waals surface area (Å²) in [5.74, 6) is 0.574. The maximum atomic E-state index is 10.1. The van der Waals surface area contributed by atoms with Gasteiger partial charge in [-0.25, -0.2) is 4.98 Å². The third-order valence-corrected chi connectivity index (χ3v) is 3.45. The number of imidazole rings is 1. The number of nitrogens with zero attached hydrogens (tertiary/aromatic N) is 2. The molecule has 1 N–H and O–H groups in total. The number of rotatable bonds is 5. The molecule has 19 heavy (non-hydrogen) atoms. The highest BCUT2D eigenvalue weighted by atomic mass is 35.5. The standard InChI is InChI=1S/C15H20N2O.ClH/c1-3-12(2)13-4-6-14(7-5-13)15(18)10-17-9-8-16-11-17;/h4-9,11-12,15,18H,3,10H2,1-2H3;1H. The summed E-state index contributed by atoms with van der Waals surface area (Å²) in [5, 5.41) is 10.1. The Morgan fingerprint density at radius 1 is 1.21 bits per heavy atom. The van der Waals surface area contributed by atoms with Crippen LogP contribution in [0.1, 0.15) is 43.4 Å². The number of hydrogen-bond acceptors (Lipinski definition) is 2. The molecule has 1 aromatic heterocycles. The minimum Gasteiger partial charge on any atom is -0.387 e. The van der Waals surface area contributed by atoms with Gasteiger partial charge >= 0.3 is 0 Å². The lowest BCUT2D eigenvalue weighted by Gasteiger charge is -2.14. The molecule has 0 aliphatic rings. The van der Waals surface area contributed by atoms with Gasteiger partial charge in [0.25, 0.3) is 0 Å². The van der Waals surface area contributed by atoms with Crippen LogP contribution in [0.3, 0.4) is 0 Å². The molecule has 1 heterocycles. The van der Waals surface area contributed by atoms with Crippen molar-refractivity contribution in [2.45, 2.75) is 38.8 Å². The molecule has 0 fully saturated rings. The van der Waals surface area contributed by atoms with Gasteiger partial charge in [0.05, 0.1) is 19.0 Å². The Bertz CT molecular complexity index is 467. The van der Waals surface area contributed by atoms with Gasteiger partial charge in [0, 0.05) is 12.4 Å². The molecule has 2 aromatic rings. The van der Waals surface area contributed by atoms with E-state index in [1.165, 1.54) is 5.56 Å². The van der Waals surface area contributed by atoms with Crippen molar-refractivity contribution in [3.8, 4) is 0 Å². The molecule has 0 aliphatic carbocycles. The Kier molecular flexibility index (Phi) is 6.06. The lowest BCUT2D eigenvalue weighted by atomic mass is 9.96. The van der Waals surface area contributed by atoms with Crippen molar-refractivity contribution < 1.29 is 5.11 Å². The molecular formula is C15H21ClN2O. The van der Waals surface area contributed by atoms with Gasteiger partial charge in [0.2, 0.25) is 0 Å². The monoisotopic (exact) mass is 280 g/mol. The molecular weight excluding hydrogens is 260 g/mol. The lowest BCUT2D eigenvalue weighted by molar-refractivity contribution is 0.156. The molecule has 0 saturated carbocycles. The van der Waals surface area contributed by atoms with E-state index >= 15 is 0 Å². The van der Waals surface area contributed by atoms with Crippen molar-refractivity contribution in [3.05, 3.63) is 54.1 Å². The van der Waals surface area contributed by atoms with Gasteiger partial charge in [0.1, 0.15) is 0 Å². The van der Waals surface area contributed by atoms with E-state index in [4.69, 9.17) is 0 Å². The highest BCUT2D eigenvalue weighted by Gasteiger charge is 2.09. The van der Waals surface area contributed by atoms with Crippen LogP contribution in [0, 0.1) is 0 Å². The third-order valence-electron chi connectivity index (χ3n) is 3.45. The molecule has 0 aliphatic heterocycles. The van der Waals surface area contributed by atoms with Gasteiger partial charge in [-0.2, -0.15) is 0 Å². The third kappa shape index (κ3) is 4.08. The van der Waals surface area contributed by atoms with Crippen molar-refractivity contribution in [1.29, 1.82) is 0 Å². The lowest BCUT2D eigenvalue weighted by Crippen LogP contribution is -2.07. The van der Waals surface area contributed by atoms with Crippen molar-refractivity contribution in [1.82, 2.24) is 9.55 Å². The summed E-state index contributed by atoms with van der Waals surface area (Å²) in [7, 11) is 0. The first-order chi connectivity index (χ1) is 8.70. The highest BCUT2D eigenvalue weighted by Crippen LogP contribution is 2.21. The molecule has 0 radical (unpaired) electrons. The van der Waals surface area contributed by atoms with Gasteiger partial charge in [0.15, 0.2) is 0 Å². The maximum Gasteiger partial charge on any atom is 0.0969 e. The normalized spacial score (nSPS) is 13.6. The fraction of sp³-hybridized carbons (Fsp3) is 0.400. The van der Waals surface area contributed by atoms with E-state index in [-0.39, 0.29) is 12.4 Å². The molecule has 0 amide bonds. The topological polar surface area (TPSA) is 38.0 Å². The molecule has 0 saturated heterocycles. The zero-order valence-electron chi connectivity index (χ0n) is 11.4. The second-order valence-corrected chi connectivity index (χ2v) is 4.75. The van der Waals surface area contributed by atoms with Crippen molar-refractivity contribution in [2.75, 3.05) is 0 Å². The fourth-order valence-corrected chi connectivity index (χ4v) is 1.98. The van der Waals surface area contributed by atoms with Crippen molar-refractivity contribution in [2.24, 2.45) is 0 Å². The highest BCUT2D eigenvalue weighted by molar-refractivity contribution is 5.85. The van der Waals surface area contributed by atoms with E-state index in [2.05, 4.69) is 31.0 Å². The molecule has 0 bridgehead atoms. The van der Waals surface area contributed by atoms with Crippen LogP contribution in [-0.2, 0) is 6.54 Å². The SMILES string of the molecule is CCC(C)c1ccc(C(O)Cn2ccnc2)cc1.Cl. The zero-order valence-corrected chi connectivity index (χ0v) is 12.2. The second-order valence-electron chi connectivity index (χ2n) is 4.75. The van der Waals surface area contributed by atoms with E-state index in [1.807, 2.05) is 22.9 Å². The largest absolute Gasteiger partial charge is 0.387 e. The maximum absolute atomic E-state index is 10.1. The van der Waals surface area contributed by atoms with Crippen molar-refractivity contribution >= 4 is 12.4 Å². The Morgan fingerprint density at radius 3 is 2.37 bits per heavy atom. The Morgan fingerprint density at radius 2 is 1.84 bits per heavy atom. The van der Waals surface area contributed by atoms with E-state index < -0.39 is 6.10 Å². The van der Waals surface area contributed by atoms with Gasteiger partial charge < -0.3 is 9.67 Å².